The molecule has 0 aromatic heterocycles. The van der Waals surface area contributed by atoms with Gasteiger partial charge in [-0.05, 0) is 30.2 Å². The second-order valence-electron chi connectivity index (χ2n) is 5.72. The maximum Gasteiger partial charge on any atom is 0.162 e. The van der Waals surface area contributed by atoms with E-state index in [1.807, 2.05) is 18.2 Å². The summed E-state index contributed by atoms with van der Waals surface area (Å²) in [4.78, 5) is 12.1. The highest BCUT2D eigenvalue weighted by Crippen LogP contribution is 2.26. The zero-order valence-electron chi connectivity index (χ0n) is 12.6. The van der Waals surface area contributed by atoms with Crippen molar-refractivity contribution in [2.75, 3.05) is 6.61 Å². The van der Waals surface area contributed by atoms with E-state index in [-0.39, 0.29) is 5.78 Å². The van der Waals surface area contributed by atoms with Crippen molar-refractivity contribution in [3.63, 3.8) is 0 Å². The fourth-order valence-corrected chi connectivity index (χ4v) is 2.75. The molecule has 0 atom stereocenters. The number of hydrogen-bond acceptors (Lipinski definition) is 2. The van der Waals surface area contributed by atoms with Gasteiger partial charge >= 0.3 is 0 Å². The van der Waals surface area contributed by atoms with E-state index in [1.54, 1.807) is 0 Å². The number of ketones is 1. The molecule has 1 aromatic rings. The number of Topliss-reactive ketones (excluding diaryl/α,β-unsaturated/α-hetero) is 1. The quantitative estimate of drug-likeness (QED) is 0.470. The third kappa shape index (κ3) is 4.36. The van der Waals surface area contributed by atoms with Crippen LogP contribution in [0, 0.1) is 0 Å². The van der Waals surface area contributed by atoms with Gasteiger partial charge in [-0.1, -0.05) is 45.4 Å². The van der Waals surface area contributed by atoms with Crippen molar-refractivity contribution in [3.05, 3.63) is 29.3 Å². The number of hydrogen-bond donors (Lipinski definition) is 0. The summed E-state index contributed by atoms with van der Waals surface area (Å²) in [6.07, 6.45) is 10.4. The zero-order valence-corrected chi connectivity index (χ0v) is 12.6. The van der Waals surface area contributed by atoms with Crippen molar-refractivity contribution >= 4 is 5.78 Å². The fraction of sp³-hybridized carbons (Fsp3) is 0.611. The predicted octanol–water partition coefficient (Wildman–Crippen LogP) is 4.94. The van der Waals surface area contributed by atoms with Crippen molar-refractivity contribution in [2.24, 2.45) is 0 Å². The first kappa shape index (κ1) is 15.1. The monoisotopic (exact) mass is 274 g/mol. The second-order valence-corrected chi connectivity index (χ2v) is 5.72. The molecule has 0 fully saturated rings. The third-order valence-corrected chi connectivity index (χ3v) is 4.02. The third-order valence-electron chi connectivity index (χ3n) is 4.02. The Bertz CT molecular complexity index is 437. The number of unbranched alkanes of at least 4 members (excludes halogenated alkanes) is 6. The number of carbonyl (C=O) groups excluding carboxylic acids is 1. The summed E-state index contributed by atoms with van der Waals surface area (Å²) in [6.45, 7) is 2.99. The van der Waals surface area contributed by atoms with E-state index in [0.29, 0.717) is 6.42 Å². The van der Waals surface area contributed by atoms with E-state index < -0.39 is 0 Å². The molecule has 0 spiro atoms. The van der Waals surface area contributed by atoms with Gasteiger partial charge in [0, 0.05) is 18.4 Å². The number of rotatable bonds is 9. The van der Waals surface area contributed by atoms with Crippen LogP contribution in [0.3, 0.4) is 0 Å². The van der Waals surface area contributed by atoms with E-state index >= 15 is 0 Å². The van der Waals surface area contributed by atoms with Crippen molar-refractivity contribution < 1.29 is 9.53 Å². The summed E-state index contributed by atoms with van der Waals surface area (Å²) in [5.41, 5.74) is 2.05. The first-order chi connectivity index (χ1) is 9.81. The fourth-order valence-electron chi connectivity index (χ4n) is 2.75. The van der Waals surface area contributed by atoms with Crippen LogP contribution in [0.2, 0.25) is 0 Å². The largest absolute Gasteiger partial charge is 0.493 e. The van der Waals surface area contributed by atoms with Gasteiger partial charge in [0.05, 0.1) is 6.61 Å². The van der Waals surface area contributed by atoms with Gasteiger partial charge < -0.3 is 4.74 Å². The van der Waals surface area contributed by atoms with E-state index in [4.69, 9.17) is 4.74 Å². The van der Waals surface area contributed by atoms with Crippen LogP contribution < -0.4 is 4.74 Å². The summed E-state index contributed by atoms with van der Waals surface area (Å²) in [5, 5.41) is 0. The summed E-state index contributed by atoms with van der Waals surface area (Å²) < 4.78 is 5.47. The Hall–Kier alpha value is -1.31. The first-order valence-electron chi connectivity index (χ1n) is 8.10. The number of fused-ring (bicyclic) bond motifs is 1. The van der Waals surface area contributed by atoms with Crippen molar-refractivity contribution in [1.82, 2.24) is 0 Å². The standard InChI is InChI=1S/C18H26O2/c1-2-3-4-5-6-7-8-9-17(19)15-10-11-18-16(14-15)12-13-20-18/h10-11,14H,2-9,12-13H2,1H3. The van der Waals surface area contributed by atoms with E-state index in [1.165, 1.54) is 44.1 Å². The van der Waals surface area contributed by atoms with E-state index in [2.05, 4.69) is 6.92 Å². The van der Waals surface area contributed by atoms with Crippen LogP contribution in [0.25, 0.3) is 0 Å². The van der Waals surface area contributed by atoms with Crippen LogP contribution in [-0.4, -0.2) is 12.4 Å². The lowest BCUT2D eigenvalue weighted by Gasteiger charge is -2.04. The van der Waals surface area contributed by atoms with Crippen LogP contribution in [-0.2, 0) is 6.42 Å². The minimum Gasteiger partial charge on any atom is -0.493 e. The molecule has 0 radical (unpaired) electrons. The van der Waals surface area contributed by atoms with Crippen LogP contribution >= 0.6 is 0 Å². The lowest BCUT2D eigenvalue weighted by molar-refractivity contribution is 0.0979. The molecule has 2 rings (SSSR count). The van der Waals surface area contributed by atoms with Gasteiger partial charge in [0.25, 0.3) is 0 Å². The molecule has 0 bridgehead atoms. The van der Waals surface area contributed by atoms with E-state index in [0.717, 1.165) is 30.8 Å². The molecule has 0 saturated heterocycles. The van der Waals surface area contributed by atoms with Gasteiger partial charge in [0.15, 0.2) is 5.78 Å². The molecule has 2 nitrogen and oxygen atoms in total. The molecule has 110 valence electrons. The topological polar surface area (TPSA) is 26.3 Å². The highest BCUT2D eigenvalue weighted by atomic mass is 16.5. The highest BCUT2D eigenvalue weighted by Gasteiger charge is 2.14. The summed E-state index contributed by atoms with van der Waals surface area (Å²) in [5.74, 6) is 1.24. The summed E-state index contributed by atoms with van der Waals surface area (Å²) in [7, 11) is 0. The molecule has 0 amide bonds. The molecular weight excluding hydrogens is 248 g/mol. The molecule has 20 heavy (non-hydrogen) atoms. The average molecular weight is 274 g/mol. The van der Waals surface area contributed by atoms with Gasteiger partial charge in [-0.3, -0.25) is 4.79 Å². The molecule has 0 saturated carbocycles. The molecule has 1 aliphatic rings. The molecular formula is C18H26O2. The Labute approximate surface area is 122 Å². The van der Waals surface area contributed by atoms with Gasteiger partial charge in [0.1, 0.15) is 5.75 Å². The zero-order chi connectivity index (χ0) is 14.2. The van der Waals surface area contributed by atoms with Gasteiger partial charge in [0.2, 0.25) is 0 Å². The second kappa shape index (κ2) is 8.08. The number of benzene rings is 1. The predicted molar refractivity (Wildman–Crippen MR) is 82.6 cm³/mol. The Morgan fingerprint density at radius 1 is 1.10 bits per heavy atom. The van der Waals surface area contributed by atoms with Crippen LogP contribution in [0.15, 0.2) is 18.2 Å². The maximum absolute atomic E-state index is 12.1. The Morgan fingerprint density at radius 3 is 2.65 bits per heavy atom. The van der Waals surface area contributed by atoms with Crippen LogP contribution in [0.5, 0.6) is 5.75 Å². The molecule has 1 aromatic carbocycles. The molecule has 0 aliphatic carbocycles. The van der Waals surface area contributed by atoms with Crippen LogP contribution in [0.4, 0.5) is 0 Å². The lowest BCUT2D eigenvalue weighted by atomic mass is 10.0. The molecule has 1 heterocycles. The average Bonchev–Trinajstić information content (AvgIpc) is 2.93. The highest BCUT2D eigenvalue weighted by molar-refractivity contribution is 5.96. The van der Waals surface area contributed by atoms with Gasteiger partial charge in [-0.15, -0.1) is 0 Å². The number of carbonyl (C=O) groups is 1. The lowest BCUT2D eigenvalue weighted by Crippen LogP contribution is -1.99. The Kier molecular flexibility index (Phi) is 6.10. The van der Waals surface area contributed by atoms with Gasteiger partial charge in [-0.2, -0.15) is 0 Å². The molecule has 0 unspecified atom stereocenters. The first-order valence-corrected chi connectivity index (χ1v) is 8.10. The van der Waals surface area contributed by atoms with Crippen molar-refractivity contribution in [3.8, 4) is 5.75 Å². The summed E-state index contributed by atoms with van der Waals surface area (Å²) >= 11 is 0. The smallest absolute Gasteiger partial charge is 0.162 e. The molecule has 2 heteroatoms. The van der Waals surface area contributed by atoms with Crippen molar-refractivity contribution in [2.45, 2.75) is 64.7 Å². The normalized spacial score (nSPS) is 13.1. The molecule has 0 N–H and O–H groups in total. The Balaban J connectivity index is 1.67. The summed E-state index contributed by atoms with van der Waals surface area (Å²) in [6, 6.07) is 5.87. The van der Waals surface area contributed by atoms with Gasteiger partial charge in [-0.25, -0.2) is 0 Å². The maximum atomic E-state index is 12.1. The van der Waals surface area contributed by atoms with Crippen molar-refractivity contribution in [1.29, 1.82) is 0 Å². The minimum absolute atomic E-state index is 0.285. The molecule has 1 aliphatic heterocycles. The Morgan fingerprint density at radius 2 is 1.85 bits per heavy atom. The SMILES string of the molecule is CCCCCCCCCC(=O)c1ccc2c(c1)CCO2. The minimum atomic E-state index is 0.285. The van der Waals surface area contributed by atoms with Crippen LogP contribution in [0.1, 0.15) is 74.2 Å². The van der Waals surface area contributed by atoms with E-state index in [9.17, 15) is 4.79 Å². The number of ether oxygens (including phenoxy) is 1.